The summed E-state index contributed by atoms with van der Waals surface area (Å²) in [6.45, 7) is 0. The van der Waals surface area contributed by atoms with Crippen LogP contribution in [0.25, 0.3) is 0 Å². The number of ketones is 1. The van der Waals surface area contributed by atoms with Gasteiger partial charge >= 0.3 is 0 Å². The highest BCUT2D eigenvalue weighted by Crippen LogP contribution is 2.13. The molecule has 3 N–H and O–H groups in total. The first-order valence-electron chi connectivity index (χ1n) is 5.77. The number of furan rings is 1. The van der Waals surface area contributed by atoms with Crippen molar-refractivity contribution in [3.05, 3.63) is 54.0 Å². The SMILES string of the molecule is N[C@@H](Cc1ccc(S(=O)(=O)O)cc1)C(=O)c1ccco1. The predicted molar refractivity (Wildman–Crippen MR) is 71.0 cm³/mol. The lowest BCUT2D eigenvalue weighted by atomic mass is 10.0. The van der Waals surface area contributed by atoms with Crippen molar-refractivity contribution in [2.75, 3.05) is 0 Å². The van der Waals surface area contributed by atoms with Gasteiger partial charge in [-0.2, -0.15) is 8.42 Å². The van der Waals surface area contributed by atoms with E-state index >= 15 is 0 Å². The zero-order valence-electron chi connectivity index (χ0n) is 10.4. The van der Waals surface area contributed by atoms with Crippen LogP contribution in [-0.2, 0) is 16.5 Å². The van der Waals surface area contributed by atoms with E-state index in [1.54, 1.807) is 6.07 Å². The molecule has 2 rings (SSSR count). The summed E-state index contributed by atoms with van der Waals surface area (Å²) in [5, 5.41) is 0. The molecule has 0 bridgehead atoms. The summed E-state index contributed by atoms with van der Waals surface area (Å²) in [6.07, 6.45) is 1.63. The van der Waals surface area contributed by atoms with Crippen LogP contribution in [0.2, 0.25) is 0 Å². The first-order valence-corrected chi connectivity index (χ1v) is 7.21. The van der Waals surface area contributed by atoms with Crippen LogP contribution in [0.3, 0.4) is 0 Å². The third kappa shape index (κ3) is 3.32. The Kier molecular flexibility index (Phi) is 4.03. The Balaban J connectivity index is 2.09. The standard InChI is InChI=1S/C13H13NO5S/c14-11(13(15)12-2-1-7-19-12)8-9-3-5-10(6-4-9)20(16,17)18/h1-7,11H,8,14H2,(H,16,17,18)/t11-/m0/s1. The smallest absolute Gasteiger partial charge is 0.294 e. The molecule has 0 radical (unpaired) electrons. The number of carbonyl (C=O) groups is 1. The van der Waals surface area contributed by atoms with Gasteiger partial charge in [0.2, 0.25) is 5.78 Å². The average molecular weight is 295 g/mol. The molecule has 106 valence electrons. The van der Waals surface area contributed by atoms with Gasteiger partial charge in [0.25, 0.3) is 10.1 Å². The van der Waals surface area contributed by atoms with Gasteiger partial charge < -0.3 is 10.2 Å². The van der Waals surface area contributed by atoms with Gasteiger partial charge in [-0.15, -0.1) is 0 Å². The Morgan fingerprint density at radius 1 is 1.25 bits per heavy atom. The molecular formula is C13H13NO5S. The van der Waals surface area contributed by atoms with E-state index in [0.717, 1.165) is 0 Å². The highest BCUT2D eigenvalue weighted by atomic mass is 32.2. The summed E-state index contributed by atoms with van der Waals surface area (Å²) in [6, 6.07) is 7.86. The van der Waals surface area contributed by atoms with Crippen LogP contribution in [0.15, 0.2) is 52.0 Å². The minimum atomic E-state index is -4.21. The molecule has 1 heterocycles. The van der Waals surface area contributed by atoms with Crippen molar-refractivity contribution in [2.45, 2.75) is 17.4 Å². The fraction of sp³-hybridized carbons (Fsp3) is 0.154. The monoisotopic (exact) mass is 295 g/mol. The highest BCUT2D eigenvalue weighted by Gasteiger charge is 2.19. The second-order valence-corrected chi connectivity index (χ2v) is 5.69. The molecule has 0 aliphatic rings. The van der Waals surface area contributed by atoms with E-state index in [9.17, 15) is 13.2 Å². The average Bonchev–Trinajstić information content (AvgIpc) is 2.91. The summed E-state index contributed by atoms with van der Waals surface area (Å²) in [7, 11) is -4.21. The second kappa shape index (κ2) is 5.58. The van der Waals surface area contributed by atoms with E-state index in [1.807, 2.05) is 0 Å². The molecule has 0 aliphatic heterocycles. The van der Waals surface area contributed by atoms with Crippen molar-refractivity contribution < 1.29 is 22.2 Å². The molecule has 0 saturated heterocycles. The van der Waals surface area contributed by atoms with Crippen molar-refractivity contribution in [3.8, 4) is 0 Å². The molecule has 2 aromatic rings. The van der Waals surface area contributed by atoms with Crippen LogP contribution < -0.4 is 5.73 Å². The van der Waals surface area contributed by atoms with Gasteiger partial charge in [0.1, 0.15) is 0 Å². The van der Waals surface area contributed by atoms with Crippen LogP contribution in [0, 0.1) is 0 Å². The fourth-order valence-corrected chi connectivity index (χ4v) is 2.23. The summed E-state index contributed by atoms with van der Waals surface area (Å²) < 4.78 is 35.6. The van der Waals surface area contributed by atoms with Crippen molar-refractivity contribution in [3.63, 3.8) is 0 Å². The molecule has 0 saturated carbocycles. The van der Waals surface area contributed by atoms with E-state index in [0.29, 0.717) is 5.56 Å². The number of carbonyl (C=O) groups excluding carboxylic acids is 1. The van der Waals surface area contributed by atoms with Crippen molar-refractivity contribution in [1.29, 1.82) is 0 Å². The second-order valence-electron chi connectivity index (χ2n) is 4.27. The molecule has 6 nitrogen and oxygen atoms in total. The number of hydrogen-bond donors (Lipinski definition) is 2. The molecule has 0 unspecified atom stereocenters. The van der Waals surface area contributed by atoms with Gasteiger partial charge in [0.15, 0.2) is 5.76 Å². The number of hydrogen-bond acceptors (Lipinski definition) is 5. The number of Topliss-reactive ketones (excluding diaryl/α,β-unsaturated/α-hetero) is 1. The third-order valence-electron chi connectivity index (χ3n) is 2.78. The lowest BCUT2D eigenvalue weighted by molar-refractivity contribution is 0.0933. The molecule has 1 aromatic carbocycles. The zero-order chi connectivity index (χ0) is 14.8. The molecule has 20 heavy (non-hydrogen) atoms. The van der Waals surface area contributed by atoms with Crippen LogP contribution >= 0.6 is 0 Å². The minimum Gasteiger partial charge on any atom is -0.461 e. The fourth-order valence-electron chi connectivity index (χ4n) is 1.75. The van der Waals surface area contributed by atoms with Gasteiger partial charge in [-0.05, 0) is 36.2 Å². The van der Waals surface area contributed by atoms with E-state index < -0.39 is 16.2 Å². The molecule has 0 aliphatic carbocycles. The predicted octanol–water partition coefficient (Wildman–Crippen LogP) is 1.28. The van der Waals surface area contributed by atoms with Crippen LogP contribution in [0.5, 0.6) is 0 Å². The lowest BCUT2D eigenvalue weighted by Crippen LogP contribution is -2.32. The lowest BCUT2D eigenvalue weighted by Gasteiger charge is -2.09. The van der Waals surface area contributed by atoms with E-state index in [4.69, 9.17) is 14.7 Å². The van der Waals surface area contributed by atoms with E-state index in [1.165, 1.54) is 36.6 Å². The van der Waals surface area contributed by atoms with Crippen LogP contribution in [-0.4, -0.2) is 24.8 Å². The number of rotatable bonds is 5. The molecule has 0 spiro atoms. The summed E-state index contributed by atoms with van der Waals surface area (Å²) in [4.78, 5) is 11.7. The van der Waals surface area contributed by atoms with Gasteiger partial charge in [0.05, 0.1) is 17.2 Å². The zero-order valence-corrected chi connectivity index (χ0v) is 11.2. The van der Waals surface area contributed by atoms with Crippen molar-refractivity contribution in [2.24, 2.45) is 5.73 Å². The molecule has 7 heteroatoms. The summed E-state index contributed by atoms with van der Waals surface area (Å²) >= 11 is 0. The quantitative estimate of drug-likeness (QED) is 0.635. The highest BCUT2D eigenvalue weighted by molar-refractivity contribution is 7.85. The van der Waals surface area contributed by atoms with Crippen LogP contribution in [0.4, 0.5) is 0 Å². The van der Waals surface area contributed by atoms with Crippen molar-refractivity contribution in [1.82, 2.24) is 0 Å². The Bertz CT molecular complexity index is 689. The third-order valence-corrected chi connectivity index (χ3v) is 3.65. The first-order chi connectivity index (χ1) is 9.38. The van der Waals surface area contributed by atoms with Gasteiger partial charge in [-0.3, -0.25) is 9.35 Å². The first kappa shape index (κ1) is 14.4. The summed E-state index contributed by atoms with van der Waals surface area (Å²) in [5.41, 5.74) is 6.47. The molecule has 0 amide bonds. The van der Waals surface area contributed by atoms with Gasteiger partial charge in [0, 0.05) is 0 Å². The molecular weight excluding hydrogens is 282 g/mol. The molecule has 0 fully saturated rings. The van der Waals surface area contributed by atoms with Crippen molar-refractivity contribution >= 4 is 15.9 Å². The Hall–Kier alpha value is -1.96. The van der Waals surface area contributed by atoms with E-state index in [-0.39, 0.29) is 22.9 Å². The maximum Gasteiger partial charge on any atom is 0.294 e. The molecule has 1 atom stereocenters. The van der Waals surface area contributed by atoms with Gasteiger partial charge in [-0.1, -0.05) is 12.1 Å². The minimum absolute atomic E-state index is 0.187. The molecule has 1 aromatic heterocycles. The Morgan fingerprint density at radius 2 is 1.90 bits per heavy atom. The maximum absolute atomic E-state index is 11.9. The Labute approximate surface area is 116 Å². The maximum atomic E-state index is 11.9. The van der Waals surface area contributed by atoms with E-state index in [2.05, 4.69) is 0 Å². The topological polar surface area (TPSA) is 111 Å². The number of nitrogens with two attached hydrogens (primary N) is 1. The number of benzene rings is 1. The summed E-state index contributed by atoms with van der Waals surface area (Å²) in [5.74, 6) is -0.138. The van der Waals surface area contributed by atoms with Crippen LogP contribution in [0.1, 0.15) is 16.1 Å². The van der Waals surface area contributed by atoms with Gasteiger partial charge in [-0.25, -0.2) is 0 Å². The Morgan fingerprint density at radius 3 is 2.40 bits per heavy atom. The normalized spacial score (nSPS) is 13.1. The largest absolute Gasteiger partial charge is 0.461 e.